The number of anilines is 2. The average molecular weight is 280 g/mol. The Labute approximate surface area is 110 Å². The summed E-state index contributed by atoms with van der Waals surface area (Å²) in [5.74, 6) is -1.20. The summed E-state index contributed by atoms with van der Waals surface area (Å²) in [6.07, 6.45) is 0. The van der Waals surface area contributed by atoms with Gasteiger partial charge in [-0.15, -0.1) is 0 Å². The largest absolute Gasteiger partial charge is 0.504 e. The van der Waals surface area contributed by atoms with Gasteiger partial charge in [0.25, 0.3) is 10.0 Å². The van der Waals surface area contributed by atoms with Crippen molar-refractivity contribution in [3.05, 3.63) is 42.5 Å². The minimum Gasteiger partial charge on any atom is -0.504 e. The van der Waals surface area contributed by atoms with E-state index in [0.29, 0.717) is 5.69 Å². The predicted molar refractivity (Wildman–Crippen MR) is 71.4 cm³/mol. The summed E-state index contributed by atoms with van der Waals surface area (Å²) >= 11 is 0. The highest BCUT2D eigenvalue weighted by Crippen LogP contribution is 2.32. The monoisotopic (exact) mass is 280 g/mol. The van der Waals surface area contributed by atoms with Crippen LogP contribution >= 0.6 is 0 Å². The van der Waals surface area contributed by atoms with E-state index in [9.17, 15) is 18.6 Å². The van der Waals surface area contributed by atoms with Crippen LogP contribution in [0.4, 0.5) is 11.4 Å². The van der Waals surface area contributed by atoms with E-state index in [1.807, 2.05) is 0 Å². The van der Waals surface area contributed by atoms with Crippen LogP contribution in [0, 0.1) is 0 Å². The first-order valence-corrected chi connectivity index (χ1v) is 6.78. The van der Waals surface area contributed by atoms with Crippen molar-refractivity contribution < 1.29 is 18.6 Å². The van der Waals surface area contributed by atoms with E-state index < -0.39 is 26.4 Å². The van der Waals surface area contributed by atoms with Crippen molar-refractivity contribution in [2.24, 2.45) is 0 Å². The van der Waals surface area contributed by atoms with Gasteiger partial charge in [0.2, 0.25) is 0 Å². The molecule has 0 aliphatic heterocycles. The Morgan fingerprint density at radius 1 is 1.05 bits per heavy atom. The number of nitrogens with one attached hydrogen (secondary N) is 1. The molecule has 0 heterocycles. The average Bonchev–Trinajstić information content (AvgIpc) is 2.32. The second-order valence-electron chi connectivity index (χ2n) is 3.85. The molecule has 7 heteroatoms. The fraction of sp³-hybridized carbons (Fsp3) is 0. The van der Waals surface area contributed by atoms with E-state index >= 15 is 0 Å². The number of aromatic hydroxyl groups is 2. The summed E-state index contributed by atoms with van der Waals surface area (Å²) in [4.78, 5) is -0.407. The molecule has 2 aromatic carbocycles. The van der Waals surface area contributed by atoms with E-state index in [1.54, 1.807) is 12.1 Å². The lowest BCUT2D eigenvalue weighted by Crippen LogP contribution is -2.13. The first kappa shape index (κ1) is 13.0. The fourth-order valence-corrected chi connectivity index (χ4v) is 2.70. The molecule has 0 aliphatic carbocycles. The molecule has 0 radical (unpaired) electrons. The van der Waals surface area contributed by atoms with E-state index in [-0.39, 0.29) is 5.69 Å². The number of benzene rings is 2. The third-order valence-electron chi connectivity index (χ3n) is 2.41. The summed E-state index contributed by atoms with van der Waals surface area (Å²) in [5.41, 5.74) is 6.22. The number of hydrogen-bond acceptors (Lipinski definition) is 5. The molecular weight excluding hydrogens is 268 g/mol. The second-order valence-corrected chi connectivity index (χ2v) is 5.51. The number of rotatable bonds is 3. The maximum absolute atomic E-state index is 12.1. The standard InChI is InChI=1S/C12H12N2O4S/c13-8-3-1-4-9(7-8)14-19(17,18)11-6-2-5-10(15)12(11)16/h1-7,14-16H,13H2. The minimum absolute atomic E-state index is 0.266. The van der Waals surface area contributed by atoms with Crippen LogP contribution in [0.3, 0.4) is 0 Å². The van der Waals surface area contributed by atoms with Gasteiger partial charge >= 0.3 is 0 Å². The quantitative estimate of drug-likeness (QED) is 0.502. The van der Waals surface area contributed by atoms with Crippen molar-refractivity contribution in [1.29, 1.82) is 0 Å². The molecule has 0 saturated heterocycles. The maximum Gasteiger partial charge on any atom is 0.265 e. The molecule has 19 heavy (non-hydrogen) atoms. The Balaban J connectivity index is 2.41. The molecule has 6 nitrogen and oxygen atoms in total. The number of phenols is 2. The van der Waals surface area contributed by atoms with Gasteiger partial charge in [0.05, 0.1) is 5.69 Å². The number of hydrogen-bond donors (Lipinski definition) is 4. The Hall–Kier alpha value is -2.41. The van der Waals surface area contributed by atoms with Gasteiger partial charge in [-0.1, -0.05) is 12.1 Å². The zero-order valence-electron chi connectivity index (χ0n) is 9.74. The molecule has 2 rings (SSSR count). The summed E-state index contributed by atoms with van der Waals surface area (Å²) in [7, 11) is -4.00. The van der Waals surface area contributed by atoms with Gasteiger partial charge in [-0.25, -0.2) is 8.42 Å². The van der Waals surface area contributed by atoms with Crippen molar-refractivity contribution in [1.82, 2.24) is 0 Å². The molecule has 0 aromatic heterocycles. The van der Waals surface area contributed by atoms with Gasteiger partial charge in [-0.2, -0.15) is 0 Å². The van der Waals surface area contributed by atoms with E-state index in [4.69, 9.17) is 5.73 Å². The third-order valence-corrected chi connectivity index (χ3v) is 3.82. The van der Waals surface area contributed by atoms with Crippen LogP contribution in [0.15, 0.2) is 47.4 Å². The summed E-state index contributed by atoms with van der Waals surface area (Å²) in [6, 6.07) is 9.87. The Morgan fingerprint density at radius 3 is 2.42 bits per heavy atom. The molecule has 0 fully saturated rings. The minimum atomic E-state index is -4.00. The molecule has 5 N–H and O–H groups in total. The van der Waals surface area contributed by atoms with E-state index in [0.717, 1.165) is 0 Å². The van der Waals surface area contributed by atoms with Crippen molar-refractivity contribution >= 4 is 21.4 Å². The molecule has 0 aliphatic rings. The molecule has 0 atom stereocenters. The van der Waals surface area contributed by atoms with Crippen molar-refractivity contribution in [3.8, 4) is 11.5 Å². The second kappa shape index (κ2) is 4.69. The lowest BCUT2D eigenvalue weighted by atomic mass is 10.3. The van der Waals surface area contributed by atoms with Crippen LogP contribution in [0.1, 0.15) is 0 Å². The third kappa shape index (κ3) is 2.71. The Morgan fingerprint density at radius 2 is 1.74 bits per heavy atom. The van der Waals surface area contributed by atoms with Gasteiger partial charge in [-0.3, -0.25) is 4.72 Å². The van der Waals surface area contributed by atoms with Gasteiger partial charge < -0.3 is 15.9 Å². The van der Waals surface area contributed by atoms with Crippen LogP contribution in [0.2, 0.25) is 0 Å². The SMILES string of the molecule is Nc1cccc(NS(=O)(=O)c2cccc(O)c2O)c1. The van der Waals surface area contributed by atoms with Crippen molar-refractivity contribution in [2.45, 2.75) is 4.90 Å². The van der Waals surface area contributed by atoms with Crippen LogP contribution in [-0.4, -0.2) is 18.6 Å². The lowest BCUT2D eigenvalue weighted by molar-refractivity contribution is 0.393. The fourth-order valence-electron chi connectivity index (χ4n) is 1.54. The van der Waals surface area contributed by atoms with Crippen LogP contribution < -0.4 is 10.5 Å². The van der Waals surface area contributed by atoms with E-state index in [2.05, 4.69) is 4.72 Å². The maximum atomic E-state index is 12.1. The number of para-hydroxylation sites is 1. The van der Waals surface area contributed by atoms with Crippen LogP contribution in [0.25, 0.3) is 0 Å². The highest BCUT2D eigenvalue weighted by atomic mass is 32.2. The molecular formula is C12H12N2O4S. The van der Waals surface area contributed by atoms with Gasteiger partial charge in [0.1, 0.15) is 4.90 Å². The lowest BCUT2D eigenvalue weighted by Gasteiger charge is -2.10. The summed E-state index contributed by atoms with van der Waals surface area (Å²) < 4.78 is 26.4. The summed E-state index contributed by atoms with van der Waals surface area (Å²) in [5, 5.41) is 18.9. The summed E-state index contributed by atoms with van der Waals surface area (Å²) in [6.45, 7) is 0. The van der Waals surface area contributed by atoms with Gasteiger partial charge in [0.15, 0.2) is 11.5 Å². The van der Waals surface area contributed by atoms with Gasteiger partial charge in [0, 0.05) is 5.69 Å². The first-order valence-electron chi connectivity index (χ1n) is 5.29. The van der Waals surface area contributed by atoms with Crippen LogP contribution in [-0.2, 0) is 10.0 Å². The predicted octanol–water partition coefficient (Wildman–Crippen LogP) is 1.48. The number of nitrogens with two attached hydrogens (primary N) is 1. The molecule has 0 bridgehead atoms. The normalized spacial score (nSPS) is 11.2. The molecule has 0 unspecified atom stereocenters. The zero-order valence-corrected chi connectivity index (χ0v) is 10.6. The number of sulfonamides is 1. The molecule has 0 spiro atoms. The zero-order chi connectivity index (χ0) is 14.0. The van der Waals surface area contributed by atoms with Crippen molar-refractivity contribution in [2.75, 3.05) is 10.5 Å². The first-order chi connectivity index (χ1) is 8.90. The smallest absolute Gasteiger partial charge is 0.265 e. The molecule has 100 valence electrons. The van der Waals surface area contributed by atoms with Crippen molar-refractivity contribution in [3.63, 3.8) is 0 Å². The van der Waals surface area contributed by atoms with Gasteiger partial charge in [-0.05, 0) is 30.3 Å². The molecule has 0 amide bonds. The number of phenolic OH excluding ortho intramolecular Hbond substituents is 2. The number of nitrogen functional groups attached to an aromatic ring is 1. The Bertz CT molecular complexity index is 713. The molecule has 0 saturated carbocycles. The highest BCUT2D eigenvalue weighted by Gasteiger charge is 2.20. The molecule has 2 aromatic rings. The Kier molecular flexibility index (Phi) is 3.22. The topological polar surface area (TPSA) is 113 Å². The highest BCUT2D eigenvalue weighted by molar-refractivity contribution is 7.92. The van der Waals surface area contributed by atoms with Crippen LogP contribution in [0.5, 0.6) is 11.5 Å². The van der Waals surface area contributed by atoms with E-state index in [1.165, 1.54) is 30.3 Å².